The second-order valence-corrected chi connectivity index (χ2v) is 3.55. The van der Waals surface area contributed by atoms with Crippen LogP contribution in [0.15, 0.2) is 24.8 Å². The largest absolute Gasteiger partial charge is 0.480 e. The topological polar surface area (TPSA) is 86.0 Å². The van der Waals surface area contributed by atoms with Crippen molar-refractivity contribution in [1.82, 2.24) is 4.98 Å². The van der Waals surface area contributed by atoms with Gasteiger partial charge in [0.2, 0.25) is 0 Å². The van der Waals surface area contributed by atoms with Crippen LogP contribution in [0.3, 0.4) is 0 Å². The van der Waals surface area contributed by atoms with Crippen LogP contribution in [-0.2, 0) is 4.79 Å². The van der Waals surface area contributed by atoms with Gasteiger partial charge in [0.1, 0.15) is 11.9 Å². The number of nitrogens with one attached hydrogen (secondary N) is 1. The molecule has 0 fully saturated rings. The van der Waals surface area contributed by atoms with Gasteiger partial charge in [0.25, 0.3) is 0 Å². The van der Waals surface area contributed by atoms with Crippen LogP contribution in [0.25, 0.3) is 0 Å². The molecule has 1 aromatic heterocycles. The van der Waals surface area contributed by atoms with E-state index < -0.39 is 12.0 Å². The second kappa shape index (κ2) is 5.66. The highest BCUT2D eigenvalue weighted by Crippen LogP contribution is 2.11. The molecule has 1 heterocycles. The van der Waals surface area contributed by atoms with Gasteiger partial charge in [0.05, 0.1) is 11.6 Å². The summed E-state index contributed by atoms with van der Waals surface area (Å²) in [4.78, 5) is 15.1. The van der Waals surface area contributed by atoms with Crippen molar-refractivity contribution in [3.8, 4) is 6.07 Å². The molecule has 1 atom stereocenters. The summed E-state index contributed by atoms with van der Waals surface area (Å²) in [7, 11) is 0. The number of aryl methyl sites for hydroxylation is 1. The number of rotatable bonds is 5. The average molecular weight is 231 g/mol. The molecule has 0 bridgehead atoms. The molecule has 88 valence electrons. The Balaban J connectivity index is 2.93. The van der Waals surface area contributed by atoms with Crippen LogP contribution < -0.4 is 5.32 Å². The lowest BCUT2D eigenvalue weighted by Gasteiger charge is -2.13. The Labute approximate surface area is 99.4 Å². The maximum absolute atomic E-state index is 10.9. The van der Waals surface area contributed by atoms with Gasteiger partial charge in [-0.05, 0) is 25.5 Å². The maximum atomic E-state index is 10.9. The van der Waals surface area contributed by atoms with Gasteiger partial charge in [-0.25, -0.2) is 9.78 Å². The minimum atomic E-state index is -0.980. The third-order valence-corrected chi connectivity index (χ3v) is 2.11. The monoisotopic (exact) mass is 231 g/mol. The second-order valence-electron chi connectivity index (χ2n) is 3.55. The average Bonchev–Trinajstić information content (AvgIpc) is 2.27. The summed E-state index contributed by atoms with van der Waals surface area (Å²) < 4.78 is 0. The third-order valence-electron chi connectivity index (χ3n) is 2.11. The molecule has 1 aromatic rings. The van der Waals surface area contributed by atoms with Gasteiger partial charge in [-0.1, -0.05) is 6.08 Å². The number of nitrogens with zero attached hydrogens (tertiary/aromatic N) is 2. The first-order valence-corrected chi connectivity index (χ1v) is 5.06. The smallest absolute Gasteiger partial charge is 0.326 e. The number of carboxylic acid groups (broad SMARTS) is 1. The van der Waals surface area contributed by atoms with E-state index in [1.165, 1.54) is 12.1 Å². The minimum absolute atomic E-state index is 0.285. The van der Waals surface area contributed by atoms with E-state index in [4.69, 9.17) is 10.4 Å². The Kier molecular flexibility index (Phi) is 4.23. The number of hydrogen-bond donors (Lipinski definition) is 2. The number of hydrogen-bond acceptors (Lipinski definition) is 4. The first kappa shape index (κ1) is 12.7. The highest BCUT2D eigenvalue weighted by atomic mass is 16.4. The summed E-state index contributed by atoms with van der Waals surface area (Å²) in [6.45, 7) is 5.25. The number of pyridine rings is 1. The molecule has 0 aromatic carbocycles. The number of carbonyl (C=O) groups is 1. The van der Waals surface area contributed by atoms with E-state index in [1.807, 2.05) is 6.07 Å². The zero-order valence-electron chi connectivity index (χ0n) is 9.47. The Hall–Kier alpha value is -2.35. The van der Waals surface area contributed by atoms with Crippen LogP contribution in [0.5, 0.6) is 0 Å². The zero-order valence-corrected chi connectivity index (χ0v) is 9.47. The predicted octanol–water partition coefficient (Wildman–Crippen LogP) is 1.70. The summed E-state index contributed by atoms with van der Waals surface area (Å²) in [6, 6.07) is 4.36. The molecular formula is C12H13N3O2. The van der Waals surface area contributed by atoms with Crippen molar-refractivity contribution in [2.45, 2.75) is 19.4 Å². The van der Waals surface area contributed by atoms with Crippen molar-refractivity contribution in [2.75, 3.05) is 5.32 Å². The van der Waals surface area contributed by atoms with Crippen molar-refractivity contribution < 1.29 is 9.90 Å². The molecule has 0 amide bonds. The summed E-state index contributed by atoms with van der Waals surface area (Å²) in [5, 5.41) is 20.5. The van der Waals surface area contributed by atoms with Gasteiger partial charge < -0.3 is 10.4 Å². The van der Waals surface area contributed by atoms with Crippen molar-refractivity contribution in [1.29, 1.82) is 5.26 Å². The van der Waals surface area contributed by atoms with Gasteiger partial charge in [0, 0.05) is 5.69 Å². The van der Waals surface area contributed by atoms with Crippen molar-refractivity contribution in [3.63, 3.8) is 0 Å². The highest BCUT2D eigenvalue weighted by Gasteiger charge is 2.16. The lowest BCUT2D eigenvalue weighted by Crippen LogP contribution is -2.29. The van der Waals surface area contributed by atoms with Crippen LogP contribution in [0, 0.1) is 18.3 Å². The lowest BCUT2D eigenvalue weighted by atomic mass is 10.2. The fourth-order valence-electron chi connectivity index (χ4n) is 1.37. The van der Waals surface area contributed by atoms with Gasteiger partial charge in [-0.2, -0.15) is 5.26 Å². The quantitative estimate of drug-likeness (QED) is 0.753. The third kappa shape index (κ3) is 3.61. The fourth-order valence-corrected chi connectivity index (χ4v) is 1.37. The number of nitriles is 1. The fraction of sp³-hybridized carbons (Fsp3) is 0.250. The molecule has 2 N–H and O–H groups in total. The maximum Gasteiger partial charge on any atom is 0.326 e. The standard InChI is InChI=1S/C12H13N3O2/c1-3-4-10(12(16)17)15-11-6-9(7-13)5-8(2)14-11/h3,5-6,10H,1,4H2,2H3,(H,14,15)(H,16,17). The molecule has 0 aliphatic carbocycles. The van der Waals surface area contributed by atoms with E-state index in [1.54, 1.807) is 13.0 Å². The van der Waals surface area contributed by atoms with E-state index in [2.05, 4.69) is 16.9 Å². The predicted molar refractivity (Wildman–Crippen MR) is 63.5 cm³/mol. The molecule has 17 heavy (non-hydrogen) atoms. The van der Waals surface area contributed by atoms with E-state index in [-0.39, 0.29) is 6.42 Å². The number of anilines is 1. The minimum Gasteiger partial charge on any atom is -0.480 e. The molecule has 0 saturated carbocycles. The molecule has 0 aliphatic heterocycles. The Bertz CT molecular complexity index is 477. The molecule has 0 spiro atoms. The van der Waals surface area contributed by atoms with Crippen LogP contribution in [0.1, 0.15) is 17.7 Å². The molecule has 0 radical (unpaired) electrons. The Morgan fingerprint density at radius 2 is 2.47 bits per heavy atom. The SMILES string of the molecule is C=CCC(Nc1cc(C#N)cc(C)n1)C(=O)O. The molecule has 0 saturated heterocycles. The summed E-state index contributed by atoms with van der Waals surface area (Å²) in [5.41, 5.74) is 1.11. The van der Waals surface area contributed by atoms with Crippen molar-refractivity contribution >= 4 is 11.8 Å². The van der Waals surface area contributed by atoms with Gasteiger partial charge in [0.15, 0.2) is 0 Å². The number of aliphatic carboxylic acids is 1. The van der Waals surface area contributed by atoms with Crippen LogP contribution in [-0.4, -0.2) is 22.1 Å². The first-order chi connectivity index (χ1) is 8.06. The first-order valence-electron chi connectivity index (χ1n) is 5.06. The van der Waals surface area contributed by atoms with E-state index in [0.717, 1.165) is 0 Å². The van der Waals surface area contributed by atoms with Crippen LogP contribution in [0.4, 0.5) is 5.82 Å². The molecule has 1 rings (SSSR count). The van der Waals surface area contributed by atoms with Gasteiger partial charge >= 0.3 is 5.97 Å². The highest BCUT2D eigenvalue weighted by molar-refractivity contribution is 5.77. The summed E-state index contributed by atoms with van der Waals surface area (Å²) >= 11 is 0. The van der Waals surface area contributed by atoms with E-state index in [0.29, 0.717) is 17.1 Å². The Morgan fingerprint density at radius 3 is 3.00 bits per heavy atom. The molecule has 0 aliphatic rings. The van der Waals surface area contributed by atoms with Crippen molar-refractivity contribution in [3.05, 3.63) is 36.0 Å². The zero-order chi connectivity index (χ0) is 12.8. The van der Waals surface area contributed by atoms with E-state index in [9.17, 15) is 4.79 Å². The van der Waals surface area contributed by atoms with Crippen LogP contribution in [0.2, 0.25) is 0 Å². The molecule has 5 nitrogen and oxygen atoms in total. The molecule has 5 heteroatoms. The van der Waals surface area contributed by atoms with E-state index >= 15 is 0 Å². The van der Waals surface area contributed by atoms with Crippen molar-refractivity contribution in [2.24, 2.45) is 0 Å². The van der Waals surface area contributed by atoms with Gasteiger partial charge in [-0.15, -0.1) is 6.58 Å². The number of carboxylic acids is 1. The van der Waals surface area contributed by atoms with Crippen LogP contribution >= 0.6 is 0 Å². The Morgan fingerprint density at radius 1 is 1.76 bits per heavy atom. The molecule has 1 unspecified atom stereocenters. The normalized spacial score (nSPS) is 11.3. The summed E-state index contributed by atoms with van der Waals surface area (Å²) in [6.07, 6.45) is 1.81. The lowest BCUT2D eigenvalue weighted by molar-refractivity contribution is -0.137. The number of aromatic nitrogens is 1. The molecular weight excluding hydrogens is 218 g/mol. The van der Waals surface area contributed by atoms with Gasteiger partial charge in [-0.3, -0.25) is 0 Å². The summed E-state index contributed by atoms with van der Waals surface area (Å²) in [5.74, 6) is -0.595.